The fourth-order valence-electron chi connectivity index (χ4n) is 3.94. The van der Waals surface area contributed by atoms with Crippen molar-refractivity contribution in [1.29, 1.82) is 0 Å². The quantitative estimate of drug-likeness (QED) is 0.330. The minimum absolute atomic E-state index is 0.142. The third-order valence-corrected chi connectivity index (χ3v) is 5.30. The van der Waals surface area contributed by atoms with Crippen LogP contribution in [0.15, 0.2) is 35.3 Å². The molecule has 2 unspecified atom stereocenters. The van der Waals surface area contributed by atoms with E-state index in [2.05, 4.69) is 50.4 Å². The molecule has 0 amide bonds. The minimum atomic E-state index is -0.142. The molecule has 2 aliphatic rings. The molecule has 0 saturated carbocycles. The van der Waals surface area contributed by atoms with E-state index >= 15 is 0 Å². The molecule has 154 valence electrons. The lowest BCUT2D eigenvalue weighted by Gasteiger charge is -2.36. The van der Waals surface area contributed by atoms with Gasteiger partial charge < -0.3 is 19.7 Å². The van der Waals surface area contributed by atoms with Crippen molar-refractivity contribution in [3.05, 3.63) is 35.9 Å². The van der Waals surface area contributed by atoms with Gasteiger partial charge in [0.15, 0.2) is 5.96 Å². The van der Waals surface area contributed by atoms with E-state index < -0.39 is 0 Å². The van der Waals surface area contributed by atoms with Crippen LogP contribution in [0.2, 0.25) is 0 Å². The van der Waals surface area contributed by atoms with Crippen LogP contribution >= 0.6 is 0 Å². The summed E-state index contributed by atoms with van der Waals surface area (Å²) in [7, 11) is 1.80. The SMILES string of the molecule is CCOC(=O)CCCNC(=NC)N1CC2OCCN(Cc3ccccc3)C2C1. The van der Waals surface area contributed by atoms with Gasteiger partial charge in [-0.2, -0.15) is 0 Å². The average Bonchev–Trinajstić information content (AvgIpc) is 3.14. The van der Waals surface area contributed by atoms with E-state index in [0.717, 1.165) is 45.2 Å². The lowest BCUT2D eigenvalue weighted by Crippen LogP contribution is -2.50. The summed E-state index contributed by atoms with van der Waals surface area (Å²) in [4.78, 5) is 20.7. The van der Waals surface area contributed by atoms with Crippen molar-refractivity contribution >= 4 is 11.9 Å². The van der Waals surface area contributed by atoms with Gasteiger partial charge in [0.25, 0.3) is 0 Å². The molecule has 1 aromatic rings. The zero-order valence-electron chi connectivity index (χ0n) is 17.0. The Hall–Kier alpha value is -2.12. The van der Waals surface area contributed by atoms with Crippen molar-refractivity contribution < 1.29 is 14.3 Å². The molecular formula is C21H32N4O3. The van der Waals surface area contributed by atoms with E-state index in [-0.39, 0.29) is 12.1 Å². The number of aliphatic imine (C=N–C) groups is 1. The first-order valence-electron chi connectivity index (χ1n) is 10.2. The summed E-state index contributed by atoms with van der Waals surface area (Å²) in [5.74, 6) is 0.734. The van der Waals surface area contributed by atoms with Crippen molar-refractivity contribution in [2.24, 2.45) is 4.99 Å². The fourth-order valence-corrected chi connectivity index (χ4v) is 3.94. The summed E-state index contributed by atoms with van der Waals surface area (Å²) in [6, 6.07) is 11.0. The molecule has 0 bridgehead atoms. The Balaban J connectivity index is 1.51. The van der Waals surface area contributed by atoms with E-state index in [9.17, 15) is 4.79 Å². The topological polar surface area (TPSA) is 66.4 Å². The summed E-state index contributed by atoms with van der Waals surface area (Å²) in [6.07, 6.45) is 1.36. The van der Waals surface area contributed by atoms with Crippen LogP contribution in [0.4, 0.5) is 0 Å². The molecule has 1 N–H and O–H groups in total. The summed E-state index contributed by atoms with van der Waals surface area (Å²) < 4.78 is 11.0. The highest BCUT2D eigenvalue weighted by Gasteiger charge is 2.41. The van der Waals surface area contributed by atoms with E-state index in [4.69, 9.17) is 9.47 Å². The van der Waals surface area contributed by atoms with Gasteiger partial charge in [0, 0.05) is 46.2 Å². The maximum Gasteiger partial charge on any atom is 0.305 e. The number of rotatable bonds is 7. The molecule has 7 heteroatoms. The van der Waals surface area contributed by atoms with Crippen LogP contribution in [0.25, 0.3) is 0 Å². The number of morpholine rings is 1. The molecule has 0 spiro atoms. The normalized spacial score (nSPS) is 22.8. The lowest BCUT2D eigenvalue weighted by molar-refractivity contribution is -0.143. The number of nitrogens with one attached hydrogen (secondary N) is 1. The number of guanidine groups is 1. The van der Waals surface area contributed by atoms with Crippen LogP contribution in [-0.4, -0.2) is 80.3 Å². The number of hydrogen-bond acceptors (Lipinski definition) is 5. The first kappa shape index (κ1) is 20.6. The van der Waals surface area contributed by atoms with E-state index in [1.807, 2.05) is 6.92 Å². The van der Waals surface area contributed by atoms with Gasteiger partial charge in [-0.1, -0.05) is 30.3 Å². The summed E-state index contributed by atoms with van der Waals surface area (Å²) >= 11 is 0. The standard InChI is InChI=1S/C21H32N4O3/c1-3-27-20(26)10-7-11-23-21(22-2)25-15-18-19(16-25)28-13-12-24(18)14-17-8-5-4-6-9-17/h4-6,8-9,18-19H,3,7,10-16H2,1-2H3,(H,22,23). The fraction of sp³-hybridized carbons (Fsp3) is 0.619. The van der Waals surface area contributed by atoms with E-state index in [0.29, 0.717) is 25.6 Å². The van der Waals surface area contributed by atoms with Gasteiger partial charge in [0.1, 0.15) is 0 Å². The Labute approximate surface area is 167 Å². The predicted molar refractivity (Wildman–Crippen MR) is 109 cm³/mol. The van der Waals surface area contributed by atoms with Crippen LogP contribution in [0.3, 0.4) is 0 Å². The second kappa shape index (κ2) is 10.4. The van der Waals surface area contributed by atoms with Gasteiger partial charge >= 0.3 is 5.97 Å². The van der Waals surface area contributed by atoms with E-state index in [1.165, 1.54) is 5.56 Å². The molecule has 2 aliphatic heterocycles. The molecule has 2 saturated heterocycles. The van der Waals surface area contributed by atoms with Crippen molar-refractivity contribution in [1.82, 2.24) is 15.1 Å². The van der Waals surface area contributed by atoms with Gasteiger partial charge in [-0.15, -0.1) is 0 Å². The number of carbonyl (C=O) groups is 1. The second-order valence-corrected chi connectivity index (χ2v) is 7.22. The molecule has 2 atom stereocenters. The number of carbonyl (C=O) groups excluding carboxylic acids is 1. The zero-order valence-corrected chi connectivity index (χ0v) is 17.0. The minimum Gasteiger partial charge on any atom is -0.466 e. The highest BCUT2D eigenvalue weighted by atomic mass is 16.5. The Morgan fingerprint density at radius 2 is 2.14 bits per heavy atom. The van der Waals surface area contributed by atoms with Gasteiger partial charge in [-0.3, -0.25) is 14.7 Å². The molecule has 0 aliphatic carbocycles. The maximum atomic E-state index is 11.5. The monoisotopic (exact) mass is 388 g/mol. The van der Waals surface area contributed by atoms with Gasteiger partial charge in [-0.05, 0) is 18.9 Å². The van der Waals surface area contributed by atoms with Crippen molar-refractivity contribution in [2.75, 3.05) is 46.4 Å². The van der Waals surface area contributed by atoms with Crippen LogP contribution in [0.1, 0.15) is 25.3 Å². The Morgan fingerprint density at radius 1 is 1.32 bits per heavy atom. The number of nitrogens with zero attached hydrogens (tertiary/aromatic N) is 3. The van der Waals surface area contributed by atoms with Crippen LogP contribution < -0.4 is 5.32 Å². The van der Waals surface area contributed by atoms with Crippen LogP contribution in [0.5, 0.6) is 0 Å². The number of esters is 1. The molecule has 0 aromatic heterocycles. The highest BCUT2D eigenvalue weighted by molar-refractivity contribution is 5.80. The maximum absolute atomic E-state index is 11.5. The average molecular weight is 389 g/mol. The summed E-state index contributed by atoms with van der Waals surface area (Å²) in [5.41, 5.74) is 1.34. The smallest absolute Gasteiger partial charge is 0.305 e. The number of benzene rings is 1. The number of hydrogen-bond donors (Lipinski definition) is 1. The summed E-state index contributed by atoms with van der Waals surface area (Å²) in [5, 5.41) is 3.38. The van der Waals surface area contributed by atoms with Crippen molar-refractivity contribution in [2.45, 2.75) is 38.5 Å². The van der Waals surface area contributed by atoms with Gasteiger partial charge in [-0.25, -0.2) is 0 Å². The molecule has 2 fully saturated rings. The molecule has 3 rings (SSSR count). The highest BCUT2D eigenvalue weighted by Crippen LogP contribution is 2.24. The first-order chi connectivity index (χ1) is 13.7. The summed E-state index contributed by atoms with van der Waals surface area (Å²) in [6.45, 7) is 7.38. The van der Waals surface area contributed by atoms with Gasteiger partial charge in [0.2, 0.25) is 0 Å². The molecule has 2 heterocycles. The van der Waals surface area contributed by atoms with Crippen LogP contribution in [-0.2, 0) is 20.8 Å². The third-order valence-electron chi connectivity index (χ3n) is 5.30. The van der Waals surface area contributed by atoms with Crippen molar-refractivity contribution in [3.8, 4) is 0 Å². The van der Waals surface area contributed by atoms with Crippen LogP contribution in [0, 0.1) is 0 Å². The Morgan fingerprint density at radius 3 is 2.89 bits per heavy atom. The van der Waals surface area contributed by atoms with E-state index in [1.54, 1.807) is 7.05 Å². The lowest BCUT2D eigenvalue weighted by atomic mass is 10.1. The Bertz CT molecular complexity index is 652. The zero-order chi connectivity index (χ0) is 19.8. The molecule has 0 radical (unpaired) electrons. The number of ether oxygens (including phenoxy) is 2. The second-order valence-electron chi connectivity index (χ2n) is 7.22. The number of fused-ring (bicyclic) bond motifs is 1. The molecule has 28 heavy (non-hydrogen) atoms. The molecule has 1 aromatic carbocycles. The van der Waals surface area contributed by atoms with Crippen molar-refractivity contribution in [3.63, 3.8) is 0 Å². The molecule has 7 nitrogen and oxygen atoms in total. The molecular weight excluding hydrogens is 356 g/mol. The number of likely N-dealkylation sites (tertiary alicyclic amines) is 1. The van der Waals surface area contributed by atoms with Gasteiger partial charge in [0.05, 0.1) is 25.4 Å². The first-order valence-corrected chi connectivity index (χ1v) is 10.2. The largest absolute Gasteiger partial charge is 0.466 e. The Kier molecular flexibility index (Phi) is 7.68. The third kappa shape index (κ3) is 5.45. The predicted octanol–water partition coefficient (Wildman–Crippen LogP) is 1.49.